The topological polar surface area (TPSA) is 44.5 Å². The lowest BCUT2D eigenvalue weighted by Crippen LogP contribution is -1.96. The largest absolute Gasteiger partial charge is 0.495 e. The van der Waals surface area contributed by atoms with Crippen molar-refractivity contribution in [1.29, 1.82) is 0 Å². The molecule has 5 heteroatoms. The molecule has 0 atom stereocenters. The highest BCUT2D eigenvalue weighted by Crippen LogP contribution is 2.43. The fourth-order valence-electron chi connectivity index (χ4n) is 1.87. The van der Waals surface area contributed by atoms with Crippen LogP contribution in [0.25, 0.3) is 11.1 Å². The molecule has 2 N–H and O–H groups in total. The van der Waals surface area contributed by atoms with E-state index in [1.54, 1.807) is 12.1 Å². The van der Waals surface area contributed by atoms with E-state index >= 15 is 0 Å². The molecule has 0 aromatic heterocycles. The fourth-order valence-corrected chi connectivity index (χ4v) is 2.19. The summed E-state index contributed by atoms with van der Waals surface area (Å²) in [5, 5.41) is 0.325. The predicted octanol–water partition coefficient (Wildman–Crippen LogP) is 3.75. The first-order valence-electron chi connectivity index (χ1n) is 5.54. The van der Waals surface area contributed by atoms with E-state index in [0.29, 0.717) is 33.3 Å². The van der Waals surface area contributed by atoms with Crippen LogP contribution in [0.1, 0.15) is 0 Å². The van der Waals surface area contributed by atoms with Crippen molar-refractivity contribution in [1.82, 2.24) is 0 Å². The van der Waals surface area contributed by atoms with E-state index in [1.165, 1.54) is 32.4 Å². The summed E-state index contributed by atoms with van der Waals surface area (Å²) in [6.45, 7) is 0. The highest BCUT2D eigenvalue weighted by molar-refractivity contribution is 6.34. The zero-order valence-electron chi connectivity index (χ0n) is 10.5. The van der Waals surface area contributed by atoms with Crippen molar-refractivity contribution in [3.8, 4) is 22.6 Å². The number of hydrogen-bond acceptors (Lipinski definition) is 3. The Hall–Kier alpha value is -1.94. The molecule has 0 spiro atoms. The van der Waals surface area contributed by atoms with E-state index in [1.807, 2.05) is 0 Å². The van der Waals surface area contributed by atoms with E-state index in [9.17, 15) is 4.39 Å². The van der Waals surface area contributed by atoms with Gasteiger partial charge in [-0.15, -0.1) is 0 Å². The van der Waals surface area contributed by atoms with Gasteiger partial charge < -0.3 is 15.2 Å². The first-order valence-corrected chi connectivity index (χ1v) is 5.92. The molecule has 19 heavy (non-hydrogen) atoms. The average Bonchev–Trinajstić information content (AvgIpc) is 2.41. The van der Waals surface area contributed by atoms with Gasteiger partial charge in [0.15, 0.2) is 0 Å². The van der Waals surface area contributed by atoms with Gasteiger partial charge in [0.2, 0.25) is 0 Å². The molecule has 0 aliphatic carbocycles. The van der Waals surface area contributed by atoms with Crippen LogP contribution in [0, 0.1) is 5.82 Å². The molecule has 0 bridgehead atoms. The number of hydrogen-bond donors (Lipinski definition) is 1. The Morgan fingerprint density at radius 1 is 1.05 bits per heavy atom. The van der Waals surface area contributed by atoms with E-state index in [4.69, 9.17) is 26.8 Å². The molecule has 0 radical (unpaired) electrons. The summed E-state index contributed by atoms with van der Waals surface area (Å²) in [6, 6.07) is 7.56. The van der Waals surface area contributed by atoms with Crippen LogP contribution in [0.3, 0.4) is 0 Å². The lowest BCUT2D eigenvalue weighted by atomic mass is 10.0. The molecule has 0 heterocycles. The molecule has 0 aliphatic heterocycles. The minimum atomic E-state index is -0.377. The van der Waals surface area contributed by atoms with Crippen molar-refractivity contribution in [2.24, 2.45) is 0 Å². The molecular formula is C14H13ClFNO2. The van der Waals surface area contributed by atoms with Gasteiger partial charge >= 0.3 is 0 Å². The molecule has 0 aliphatic rings. The van der Waals surface area contributed by atoms with Crippen LogP contribution >= 0.6 is 11.6 Å². The van der Waals surface area contributed by atoms with E-state index < -0.39 is 0 Å². The number of rotatable bonds is 3. The number of methoxy groups -OCH3 is 2. The molecular weight excluding hydrogens is 269 g/mol. The molecule has 0 amide bonds. The van der Waals surface area contributed by atoms with Gasteiger partial charge in [0.25, 0.3) is 0 Å². The van der Waals surface area contributed by atoms with Crippen LogP contribution in [0.15, 0.2) is 30.3 Å². The maximum absolute atomic E-state index is 13.4. The van der Waals surface area contributed by atoms with Crippen molar-refractivity contribution in [3.05, 3.63) is 41.2 Å². The summed E-state index contributed by atoms with van der Waals surface area (Å²) in [7, 11) is 3.00. The number of anilines is 1. The minimum Gasteiger partial charge on any atom is -0.495 e. The van der Waals surface area contributed by atoms with Gasteiger partial charge in [-0.2, -0.15) is 0 Å². The van der Waals surface area contributed by atoms with Gasteiger partial charge in [0.05, 0.1) is 14.2 Å². The minimum absolute atomic E-state index is 0.325. The standard InChI is InChI=1S/C14H13ClFNO2/c1-18-12-6-4-9(14(19-2)13(12)15)10-7-8(16)3-5-11(10)17/h3-7H,17H2,1-2H3. The molecule has 0 unspecified atom stereocenters. The monoisotopic (exact) mass is 281 g/mol. The summed E-state index contributed by atoms with van der Waals surface area (Å²) in [5.41, 5.74) is 7.46. The predicted molar refractivity (Wildman–Crippen MR) is 74.4 cm³/mol. The Morgan fingerprint density at radius 2 is 1.79 bits per heavy atom. The first-order chi connectivity index (χ1) is 9.08. The van der Waals surface area contributed by atoms with E-state index in [2.05, 4.69) is 0 Å². The molecule has 3 nitrogen and oxygen atoms in total. The van der Waals surface area contributed by atoms with E-state index in [0.717, 1.165) is 0 Å². The second kappa shape index (κ2) is 5.36. The van der Waals surface area contributed by atoms with Gasteiger partial charge in [-0.3, -0.25) is 0 Å². The first kappa shape index (κ1) is 13.5. The number of halogens is 2. The van der Waals surface area contributed by atoms with Crippen LogP contribution in [-0.4, -0.2) is 14.2 Å². The molecule has 0 saturated carbocycles. The second-order valence-corrected chi connectivity index (χ2v) is 4.27. The maximum atomic E-state index is 13.4. The number of nitrogens with two attached hydrogens (primary N) is 1. The van der Waals surface area contributed by atoms with Gasteiger partial charge in [-0.1, -0.05) is 11.6 Å². The second-order valence-electron chi connectivity index (χ2n) is 3.89. The zero-order valence-corrected chi connectivity index (χ0v) is 11.3. The normalized spacial score (nSPS) is 10.3. The highest BCUT2D eigenvalue weighted by atomic mass is 35.5. The van der Waals surface area contributed by atoms with Gasteiger partial charge in [0.1, 0.15) is 22.3 Å². The molecule has 0 fully saturated rings. The smallest absolute Gasteiger partial charge is 0.149 e. The zero-order chi connectivity index (χ0) is 14.0. The number of nitrogen functional groups attached to an aromatic ring is 1. The Kier molecular flexibility index (Phi) is 3.81. The summed E-state index contributed by atoms with van der Waals surface area (Å²) in [6.07, 6.45) is 0. The number of benzene rings is 2. The van der Waals surface area contributed by atoms with Crippen LogP contribution in [0.5, 0.6) is 11.5 Å². The quantitative estimate of drug-likeness (QED) is 0.872. The Morgan fingerprint density at radius 3 is 2.42 bits per heavy atom. The third-order valence-electron chi connectivity index (χ3n) is 2.79. The molecule has 0 saturated heterocycles. The molecule has 2 aromatic rings. The van der Waals surface area contributed by atoms with Gasteiger partial charge in [0, 0.05) is 16.8 Å². The average molecular weight is 282 g/mol. The summed E-state index contributed by atoms with van der Waals surface area (Å²) < 4.78 is 23.8. The van der Waals surface area contributed by atoms with Crippen molar-refractivity contribution < 1.29 is 13.9 Å². The molecule has 2 aromatic carbocycles. The van der Waals surface area contributed by atoms with Crippen LogP contribution in [0.4, 0.5) is 10.1 Å². The summed E-state index contributed by atoms with van der Waals surface area (Å²) in [5.74, 6) is 0.508. The number of ether oxygens (including phenoxy) is 2. The summed E-state index contributed by atoms with van der Waals surface area (Å²) >= 11 is 6.17. The Labute approximate surface area is 115 Å². The molecule has 2 rings (SSSR count). The SMILES string of the molecule is COc1ccc(-c2cc(F)ccc2N)c(OC)c1Cl. The Bertz CT molecular complexity index is 617. The van der Waals surface area contributed by atoms with E-state index in [-0.39, 0.29) is 5.82 Å². The van der Waals surface area contributed by atoms with Crippen molar-refractivity contribution in [2.75, 3.05) is 20.0 Å². The van der Waals surface area contributed by atoms with Crippen molar-refractivity contribution in [3.63, 3.8) is 0 Å². The third-order valence-corrected chi connectivity index (χ3v) is 3.15. The van der Waals surface area contributed by atoms with Gasteiger partial charge in [-0.05, 0) is 30.3 Å². The molecule has 100 valence electrons. The van der Waals surface area contributed by atoms with Crippen molar-refractivity contribution in [2.45, 2.75) is 0 Å². The fraction of sp³-hybridized carbons (Fsp3) is 0.143. The lowest BCUT2D eigenvalue weighted by Gasteiger charge is -2.14. The van der Waals surface area contributed by atoms with Crippen LogP contribution in [0.2, 0.25) is 5.02 Å². The van der Waals surface area contributed by atoms with Crippen LogP contribution < -0.4 is 15.2 Å². The highest BCUT2D eigenvalue weighted by Gasteiger charge is 2.16. The third kappa shape index (κ3) is 2.44. The van der Waals surface area contributed by atoms with Gasteiger partial charge in [-0.25, -0.2) is 4.39 Å². The van der Waals surface area contributed by atoms with Crippen LogP contribution in [-0.2, 0) is 0 Å². The Balaban J connectivity index is 2.68. The van der Waals surface area contributed by atoms with Crippen molar-refractivity contribution >= 4 is 17.3 Å². The summed E-state index contributed by atoms with van der Waals surface area (Å²) in [4.78, 5) is 0. The lowest BCUT2D eigenvalue weighted by molar-refractivity contribution is 0.396. The maximum Gasteiger partial charge on any atom is 0.149 e.